The third kappa shape index (κ3) is 3.74. The van der Waals surface area contributed by atoms with E-state index in [-0.39, 0.29) is 17.0 Å². The Balaban J connectivity index is 0.00000225. The van der Waals surface area contributed by atoms with Gasteiger partial charge in [0.1, 0.15) is 5.41 Å². The third-order valence-electron chi connectivity index (χ3n) is 7.28. The summed E-state index contributed by atoms with van der Waals surface area (Å²) in [6, 6.07) is 13.2. The maximum Gasteiger partial charge on any atom is 0.126 e. The Bertz CT molecular complexity index is 804. The van der Waals surface area contributed by atoms with Gasteiger partial charge in [0.25, 0.3) is 0 Å². The largest absolute Gasteiger partial charge is 1.00 e. The fourth-order valence-electron chi connectivity index (χ4n) is 5.60. The van der Waals surface area contributed by atoms with Crippen molar-refractivity contribution in [3.8, 4) is 6.07 Å². The molecule has 3 atom stereocenters. The molecule has 2 nitrogen and oxygen atoms in total. The van der Waals surface area contributed by atoms with E-state index >= 15 is 0 Å². The van der Waals surface area contributed by atoms with Crippen LogP contribution in [0, 0.1) is 31.1 Å². The summed E-state index contributed by atoms with van der Waals surface area (Å²) in [6.45, 7) is 4.31. The van der Waals surface area contributed by atoms with Gasteiger partial charge in [-0.05, 0) is 69.7 Å². The Morgan fingerprint density at radius 2 is 1.50 bits per heavy atom. The summed E-state index contributed by atoms with van der Waals surface area (Å²) in [7, 11) is 4.88. The average molecular weight is 480 g/mol. The molecule has 152 valence electrons. The van der Waals surface area contributed by atoms with Crippen molar-refractivity contribution >= 4 is 22.7 Å². The molecule has 0 amide bonds. The van der Waals surface area contributed by atoms with Gasteiger partial charge in [-0.25, -0.2) is 0 Å². The van der Waals surface area contributed by atoms with Crippen molar-refractivity contribution in [1.82, 2.24) is 0 Å². The average Bonchev–Trinajstić information content (AvgIpc) is 3.22. The van der Waals surface area contributed by atoms with Crippen LogP contribution in [0.1, 0.15) is 58.0 Å². The second-order valence-corrected chi connectivity index (χ2v) is 11.8. The second kappa shape index (κ2) is 8.22. The Morgan fingerprint density at radius 3 is 1.89 bits per heavy atom. The van der Waals surface area contributed by atoms with E-state index in [9.17, 15) is 5.26 Å². The zero-order chi connectivity index (χ0) is 19.2. The van der Waals surface area contributed by atoms with Crippen molar-refractivity contribution in [3.05, 3.63) is 43.8 Å². The molecule has 2 aliphatic rings. The van der Waals surface area contributed by atoms with Gasteiger partial charge < -0.3 is 21.5 Å². The summed E-state index contributed by atoms with van der Waals surface area (Å²) in [5, 5.41) is 10.5. The lowest BCUT2D eigenvalue weighted by Crippen LogP contribution is -3.00. The Labute approximate surface area is 188 Å². The van der Waals surface area contributed by atoms with Gasteiger partial charge in [-0.3, -0.25) is 0 Å². The summed E-state index contributed by atoms with van der Waals surface area (Å²) in [5.41, 5.74) is -0.467. The van der Waals surface area contributed by atoms with Crippen molar-refractivity contribution in [1.29, 1.82) is 5.26 Å². The molecule has 0 saturated carbocycles. The fourth-order valence-corrected chi connectivity index (χ4v) is 7.73. The molecule has 2 aromatic heterocycles. The van der Waals surface area contributed by atoms with Crippen LogP contribution in [0.2, 0.25) is 0 Å². The summed E-state index contributed by atoms with van der Waals surface area (Å²) in [6.07, 6.45) is 7.65. The van der Waals surface area contributed by atoms with Crippen LogP contribution in [0.25, 0.3) is 0 Å². The van der Waals surface area contributed by atoms with Gasteiger partial charge in [0.15, 0.2) is 0 Å². The van der Waals surface area contributed by atoms with Crippen molar-refractivity contribution in [3.63, 3.8) is 0 Å². The number of fused-ring (bicyclic) bond motifs is 2. The predicted molar refractivity (Wildman–Crippen MR) is 115 cm³/mol. The number of hydrogen-bond acceptors (Lipinski definition) is 3. The topological polar surface area (TPSA) is 23.8 Å². The number of piperidine rings is 2. The number of hydrogen-bond donors (Lipinski definition) is 0. The molecule has 0 aliphatic carbocycles. The molecule has 0 aromatic carbocycles. The van der Waals surface area contributed by atoms with Crippen LogP contribution >= 0.6 is 22.7 Å². The van der Waals surface area contributed by atoms with Crippen LogP contribution in [-0.4, -0.2) is 30.7 Å². The number of quaternary nitrogens is 1. The lowest BCUT2D eigenvalue weighted by molar-refractivity contribution is -0.950. The highest BCUT2D eigenvalue weighted by Crippen LogP contribution is 2.49. The van der Waals surface area contributed by atoms with Crippen molar-refractivity contribution < 1.29 is 21.5 Å². The van der Waals surface area contributed by atoms with Gasteiger partial charge in [-0.15, -0.1) is 22.7 Å². The summed E-state index contributed by atoms with van der Waals surface area (Å²) < 4.78 is 1.20. The number of aryl methyl sites for hydroxylation is 2. The first kappa shape index (κ1) is 22.0. The first-order valence-electron chi connectivity index (χ1n) is 10.2. The summed E-state index contributed by atoms with van der Waals surface area (Å²) in [4.78, 5) is 5.09. The third-order valence-corrected chi connectivity index (χ3v) is 9.60. The Morgan fingerprint density at radius 1 is 1.00 bits per heavy atom. The smallest absolute Gasteiger partial charge is 0.126 e. The quantitative estimate of drug-likeness (QED) is 0.619. The van der Waals surface area contributed by atoms with Crippen LogP contribution in [0.3, 0.4) is 0 Å². The summed E-state index contributed by atoms with van der Waals surface area (Å²) >= 11 is 3.63. The molecule has 4 heterocycles. The van der Waals surface area contributed by atoms with E-state index in [0.29, 0.717) is 5.92 Å². The molecule has 0 unspecified atom stereocenters. The van der Waals surface area contributed by atoms with E-state index in [0.717, 1.165) is 18.5 Å². The Hall–Kier alpha value is -0.670. The lowest BCUT2D eigenvalue weighted by Gasteiger charge is -2.54. The highest BCUT2D eigenvalue weighted by Gasteiger charge is 2.49. The second-order valence-electron chi connectivity index (χ2n) is 9.25. The lowest BCUT2D eigenvalue weighted by atomic mass is 9.69. The number of thiophene rings is 2. The van der Waals surface area contributed by atoms with E-state index < -0.39 is 5.41 Å². The molecule has 2 aromatic rings. The highest BCUT2D eigenvalue weighted by atomic mass is 79.9. The van der Waals surface area contributed by atoms with E-state index in [1.165, 1.54) is 56.1 Å². The van der Waals surface area contributed by atoms with E-state index in [1.54, 1.807) is 0 Å². The molecule has 4 rings (SSSR count). The number of halogens is 1. The Kier molecular flexibility index (Phi) is 6.47. The van der Waals surface area contributed by atoms with Crippen LogP contribution in [0.4, 0.5) is 0 Å². The molecule has 28 heavy (non-hydrogen) atoms. The molecule has 0 radical (unpaired) electrons. The maximum absolute atomic E-state index is 10.5. The van der Waals surface area contributed by atoms with Crippen molar-refractivity contribution in [2.75, 3.05) is 14.1 Å². The van der Waals surface area contributed by atoms with Crippen molar-refractivity contribution in [2.45, 2.75) is 69.9 Å². The number of nitriles is 1. The molecule has 2 saturated heterocycles. The first-order valence-corrected chi connectivity index (χ1v) is 11.9. The molecule has 0 spiro atoms. The van der Waals surface area contributed by atoms with Gasteiger partial charge in [-0.2, -0.15) is 5.26 Å². The molecule has 0 N–H and O–H groups in total. The van der Waals surface area contributed by atoms with Gasteiger partial charge in [0.05, 0.1) is 32.2 Å². The molecular formula is C23H31BrN2S2. The standard InChI is InChI=1S/C23H31N2S2.BrH/c1-16-8-10-21(26-16)23(15-24,22-11-9-17(2)27-22)14-18-12-19-6-5-7-20(13-18)25(19,3)4;/h8-11,18-20H,5-7,12-14H2,1-4H3;1H/q+1;/p-1/t18-,19+,20-;. The van der Waals surface area contributed by atoms with E-state index in [4.69, 9.17) is 0 Å². The minimum atomic E-state index is -0.467. The SMILES string of the molecule is Cc1ccc(C(C#N)(C[C@H]2C[C@H]3CCC[C@@H](C2)[N+]3(C)C)c2ccc(C)s2)s1.[Br-]. The maximum atomic E-state index is 10.5. The van der Waals surface area contributed by atoms with Crippen LogP contribution in [0.15, 0.2) is 24.3 Å². The van der Waals surface area contributed by atoms with Gasteiger partial charge in [0, 0.05) is 32.4 Å². The monoisotopic (exact) mass is 478 g/mol. The minimum Gasteiger partial charge on any atom is -1.00 e. The van der Waals surface area contributed by atoms with Crippen molar-refractivity contribution in [2.24, 2.45) is 5.92 Å². The summed E-state index contributed by atoms with van der Waals surface area (Å²) in [5.74, 6) is 0.649. The highest BCUT2D eigenvalue weighted by molar-refractivity contribution is 7.13. The van der Waals surface area contributed by atoms with Gasteiger partial charge in [0.2, 0.25) is 0 Å². The van der Waals surface area contributed by atoms with Crippen LogP contribution in [0.5, 0.6) is 0 Å². The van der Waals surface area contributed by atoms with Gasteiger partial charge in [-0.1, -0.05) is 0 Å². The van der Waals surface area contributed by atoms with E-state index in [1.807, 2.05) is 22.7 Å². The molecule has 2 bridgehead atoms. The normalized spacial score (nSPS) is 26.3. The molecule has 5 heteroatoms. The van der Waals surface area contributed by atoms with Gasteiger partial charge >= 0.3 is 0 Å². The predicted octanol–water partition coefficient (Wildman–Crippen LogP) is 3.04. The first-order chi connectivity index (χ1) is 12.8. The van der Waals surface area contributed by atoms with E-state index in [2.05, 4.69) is 58.3 Å². The minimum absolute atomic E-state index is 0. The molecule has 2 aliphatic heterocycles. The van der Waals surface area contributed by atoms with Crippen LogP contribution in [-0.2, 0) is 5.41 Å². The molecular weight excluding hydrogens is 448 g/mol. The zero-order valence-corrected chi connectivity index (χ0v) is 20.6. The zero-order valence-electron chi connectivity index (χ0n) is 17.4. The number of nitrogens with zero attached hydrogens (tertiary/aromatic N) is 2. The van der Waals surface area contributed by atoms with Crippen LogP contribution < -0.4 is 17.0 Å². The molecule has 2 fully saturated rings. The fraction of sp³-hybridized carbons (Fsp3) is 0.609. The number of rotatable bonds is 4.